The van der Waals surface area contributed by atoms with E-state index in [2.05, 4.69) is 41.5 Å². The summed E-state index contributed by atoms with van der Waals surface area (Å²) in [6, 6.07) is 11.0. The van der Waals surface area contributed by atoms with E-state index in [1.807, 2.05) is 6.07 Å². The smallest absolute Gasteiger partial charge is 0.0944 e. The van der Waals surface area contributed by atoms with Crippen LogP contribution in [0.25, 0.3) is 0 Å². The minimum Gasteiger partial charge on any atom is -0.387 e. The van der Waals surface area contributed by atoms with E-state index in [0.717, 1.165) is 31.8 Å². The van der Waals surface area contributed by atoms with Crippen molar-refractivity contribution in [3.63, 3.8) is 0 Å². The number of nitrogens with one attached hydrogen (secondary N) is 1. The Labute approximate surface area is 109 Å². The van der Waals surface area contributed by atoms with Gasteiger partial charge in [-0.25, -0.2) is 0 Å². The second kappa shape index (κ2) is 6.55. The van der Waals surface area contributed by atoms with Crippen molar-refractivity contribution in [3.8, 4) is 0 Å². The molecule has 98 valence electrons. The van der Waals surface area contributed by atoms with Crippen LogP contribution in [0.2, 0.25) is 0 Å². The Balaban J connectivity index is 1.59. The van der Waals surface area contributed by atoms with Crippen molar-refractivity contribution in [2.75, 3.05) is 6.54 Å². The molecular weight excluding hydrogens is 222 g/mol. The molecule has 1 aromatic rings. The van der Waals surface area contributed by atoms with Gasteiger partial charge < -0.3 is 11.1 Å². The Morgan fingerprint density at radius 3 is 2.78 bits per heavy atom. The van der Waals surface area contributed by atoms with Crippen molar-refractivity contribution < 1.29 is 0 Å². The highest BCUT2D eigenvalue weighted by Crippen LogP contribution is 2.22. The molecule has 18 heavy (non-hydrogen) atoms. The van der Waals surface area contributed by atoms with Gasteiger partial charge in [-0.1, -0.05) is 37.3 Å². The van der Waals surface area contributed by atoms with Crippen LogP contribution in [-0.2, 0) is 6.54 Å². The Morgan fingerprint density at radius 1 is 1.33 bits per heavy atom. The van der Waals surface area contributed by atoms with Crippen LogP contribution in [-0.4, -0.2) is 18.4 Å². The molecule has 0 saturated carbocycles. The molecule has 1 aliphatic heterocycles. The zero-order valence-corrected chi connectivity index (χ0v) is 11.1. The van der Waals surface area contributed by atoms with E-state index in [4.69, 9.17) is 5.73 Å². The molecule has 0 saturated heterocycles. The Hall–Kier alpha value is -1.35. The molecule has 3 N–H and O–H groups in total. The summed E-state index contributed by atoms with van der Waals surface area (Å²) < 4.78 is 0. The van der Waals surface area contributed by atoms with E-state index >= 15 is 0 Å². The third kappa shape index (κ3) is 3.84. The predicted octanol–water partition coefficient (Wildman–Crippen LogP) is 2.32. The zero-order valence-electron chi connectivity index (χ0n) is 11.1. The third-order valence-corrected chi connectivity index (χ3v) is 3.55. The van der Waals surface area contributed by atoms with Crippen molar-refractivity contribution in [1.82, 2.24) is 5.32 Å². The van der Waals surface area contributed by atoms with Crippen molar-refractivity contribution in [2.45, 2.75) is 38.8 Å². The number of nitrogens with two attached hydrogens (primary N) is 1. The van der Waals surface area contributed by atoms with Gasteiger partial charge in [0.1, 0.15) is 0 Å². The summed E-state index contributed by atoms with van der Waals surface area (Å²) in [5.74, 6) is 1.46. The first kappa shape index (κ1) is 13.1. The molecule has 2 rings (SSSR count). The van der Waals surface area contributed by atoms with Crippen molar-refractivity contribution >= 4 is 5.84 Å². The Kier molecular flexibility index (Phi) is 4.76. The largest absolute Gasteiger partial charge is 0.387 e. The molecule has 0 unspecified atom stereocenters. The van der Waals surface area contributed by atoms with Crippen LogP contribution in [0, 0.1) is 5.92 Å². The van der Waals surface area contributed by atoms with Gasteiger partial charge in [-0.15, -0.1) is 0 Å². The minimum absolute atomic E-state index is 0.448. The fourth-order valence-corrected chi connectivity index (χ4v) is 2.47. The Morgan fingerprint density at radius 2 is 2.11 bits per heavy atom. The molecule has 2 atom stereocenters. The van der Waals surface area contributed by atoms with Crippen molar-refractivity contribution in [3.05, 3.63) is 35.9 Å². The highest BCUT2D eigenvalue weighted by Gasteiger charge is 2.23. The quantitative estimate of drug-likeness (QED) is 0.756. The summed E-state index contributed by atoms with van der Waals surface area (Å²) in [4.78, 5) is 4.49. The molecule has 0 spiro atoms. The molecule has 0 aromatic heterocycles. The van der Waals surface area contributed by atoms with Gasteiger partial charge >= 0.3 is 0 Å². The van der Waals surface area contributed by atoms with Gasteiger partial charge in [0, 0.05) is 13.0 Å². The van der Waals surface area contributed by atoms with Crippen molar-refractivity contribution in [2.24, 2.45) is 16.6 Å². The standard InChI is InChI=1S/C15H23N3/c1-12-10-15(16)18-14(12)8-5-9-17-11-13-6-3-2-4-7-13/h2-4,6-7,12,14,17H,5,8-11H2,1H3,(H2,16,18)/t12-,14+/m1/s1. The maximum absolute atomic E-state index is 5.76. The van der Waals surface area contributed by atoms with Crippen LogP contribution in [0.5, 0.6) is 0 Å². The summed E-state index contributed by atoms with van der Waals surface area (Å²) in [6.45, 7) is 4.24. The molecular formula is C15H23N3. The number of hydrogen-bond acceptors (Lipinski definition) is 3. The lowest BCUT2D eigenvalue weighted by molar-refractivity contribution is 0.455. The monoisotopic (exact) mass is 245 g/mol. The topological polar surface area (TPSA) is 50.4 Å². The average Bonchev–Trinajstić information content (AvgIpc) is 2.69. The molecule has 0 radical (unpaired) electrons. The van der Waals surface area contributed by atoms with Gasteiger partial charge in [-0.05, 0) is 30.9 Å². The summed E-state index contributed by atoms with van der Waals surface area (Å²) in [5, 5.41) is 3.47. The van der Waals surface area contributed by atoms with E-state index in [1.54, 1.807) is 0 Å². The lowest BCUT2D eigenvalue weighted by Gasteiger charge is -2.12. The van der Waals surface area contributed by atoms with E-state index < -0.39 is 0 Å². The number of benzene rings is 1. The molecule has 1 aromatic carbocycles. The number of nitrogens with zero attached hydrogens (tertiary/aromatic N) is 1. The van der Waals surface area contributed by atoms with Gasteiger partial charge in [0.15, 0.2) is 0 Å². The second-order valence-corrected chi connectivity index (χ2v) is 5.17. The molecule has 1 aliphatic rings. The number of hydrogen-bond donors (Lipinski definition) is 2. The van der Waals surface area contributed by atoms with Crippen LogP contribution in [0.4, 0.5) is 0 Å². The van der Waals surface area contributed by atoms with Gasteiger partial charge in [0.05, 0.1) is 11.9 Å². The van der Waals surface area contributed by atoms with Crippen LogP contribution in [0.1, 0.15) is 31.7 Å². The first-order valence-corrected chi connectivity index (χ1v) is 6.82. The lowest BCUT2D eigenvalue weighted by Crippen LogP contribution is -2.18. The van der Waals surface area contributed by atoms with Crippen LogP contribution in [0.3, 0.4) is 0 Å². The lowest BCUT2D eigenvalue weighted by atomic mass is 9.98. The Bertz CT molecular complexity index is 386. The zero-order chi connectivity index (χ0) is 12.8. The first-order valence-electron chi connectivity index (χ1n) is 6.82. The van der Waals surface area contributed by atoms with Gasteiger partial charge in [-0.2, -0.15) is 0 Å². The van der Waals surface area contributed by atoms with E-state index in [-0.39, 0.29) is 0 Å². The fourth-order valence-electron chi connectivity index (χ4n) is 2.47. The normalized spacial score (nSPS) is 23.1. The fraction of sp³-hybridized carbons (Fsp3) is 0.533. The molecule has 0 aliphatic carbocycles. The van der Waals surface area contributed by atoms with Gasteiger partial charge in [0.2, 0.25) is 0 Å². The van der Waals surface area contributed by atoms with E-state index in [0.29, 0.717) is 12.0 Å². The van der Waals surface area contributed by atoms with Crippen LogP contribution >= 0.6 is 0 Å². The number of rotatable bonds is 6. The molecule has 0 bridgehead atoms. The molecule has 0 fully saturated rings. The molecule has 3 nitrogen and oxygen atoms in total. The highest BCUT2D eigenvalue weighted by molar-refractivity contribution is 5.82. The summed E-state index contributed by atoms with van der Waals surface area (Å²) in [6.07, 6.45) is 3.28. The summed E-state index contributed by atoms with van der Waals surface area (Å²) >= 11 is 0. The molecule has 1 heterocycles. The van der Waals surface area contributed by atoms with Crippen LogP contribution < -0.4 is 11.1 Å². The van der Waals surface area contributed by atoms with Gasteiger partial charge in [-0.3, -0.25) is 4.99 Å². The number of aliphatic imine (C=N–C) groups is 1. The van der Waals surface area contributed by atoms with E-state index in [9.17, 15) is 0 Å². The summed E-state index contributed by atoms with van der Waals surface area (Å²) in [5.41, 5.74) is 7.10. The maximum atomic E-state index is 5.76. The van der Waals surface area contributed by atoms with Crippen molar-refractivity contribution in [1.29, 1.82) is 0 Å². The highest BCUT2D eigenvalue weighted by atomic mass is 14.9. The summed E-state index contributed by atoms with van der Waals surface area (Å²) in [7, 11) is 0. The van der Waals surface area contributed by atoms with Gasteiger partial charge in [0.25, 0.3) is 0 Å². The predicted molar refractivity (Wildman–Crippen MR) is 76.6 cm³/mol. The number of amidine groups is 1. The third-order valence-electron chi connectivity index (χ3n) is 3.55. The second-order valence-electron chi connectivity index (χ2n) is 5.17. The average molecular weight is 245 g/mol. The molecule has 3 heteroatoms. The van der Waals surface area contributed by atoms with E-state index in [1.165, 1.54) is 12.0 Å². The minimum atomic E-state index is 0.448. The maximum Gasteiger partial charge on any atom is 0.0944 e. The first-order chi connectivity index (χ1) is 8.75. The van der Waals surface area contributed by atoms with Crippen LogP contribution in [0.15, 0.2) is 35.3 Å². The SMILES string of the molecule is C[C@@H]1CC(N)=N[C@H]1CCCNCc1ccccc1. The molecule has 0 amide bonds.